The van der Waals surface area contributed by atoms with E-state index in [0.717, 1.165) is 11.4 Å². The van der Waals surface area contributed by atoms with Crippen molar-refractivity contribution < 1.29 is 14.3 Å². The second-order valence-corrected chi connectivity index (χ2v) is 4.85. The molecule has 21 heavy (non-hydrogen) atoms. The number of aromatic nitrogens is 3. The van der Waals surface area contributed by atoms with E-state index in [0.29, 0.717) is 13.2 Å². The molecule has 0 saturated carbocycles. The van der Waals surface area contributed by atoms with Crippen molar-refractivity contribution in [3.05, 3.63) is 41.7 Å². The quantitative estimate of drug-likeness (QED) is 0.763. The van der Waals surface area contributed by atoms with Gasteiger partial charge in [-0.3, -0.25) is 0 Å². The minimum absolute atomic E-state index is 0.117. The molecule has 0 unspecified atom stereocenters. The van der Waals surface area contributed by atoms with E-state index in [-0.39, 0.29) is 11.6 Å². The SMILES string of the molecule is COC(=O)c1nnn(CCOc2ccccc2)c1C(C)C. The minimum Gasteiger partial charge on any atom is -0.492 e. The number of carbonyl (C=O) groups is 1. The lowest BCUT2D eigenvalue weighted by molar-refractivity contribution is 0.0592. The van der Waals surface area contributed by atoms with Crippen LogP contribution in [0.1, 0.15) is 35.9 Å². The number of benzene rings is 1. The fraction of sp³-hybridized carbons (Fsp3) is 0.400. The van der Waals surface area contributed by atoms with Gasteiger partial charge in [-0.2, -0.15) is 0 Å². The van der Waals surface area contributed by atoms with Crippen LogP contribution in [0.5, 0.6) is 5.75 Å². The van der Waals surface area contributed by atoms with E-state index >= 15 is 0 Å². The zero-order chi connectivity index (χ0) is 15.2. The Kier molecular flexibility index (Phi) is 4.92. The molecule has 0 atom stereocenters. The van der Waals surface area contributed by atoms with Gasteiger partial charge in [0.05, 0.1) is 19.3 Å². The van der Waals surface area contributed by atoms with Gasteiger partial charge in [0.25, 0.3) is 0 Å². The Hall–Kier alpha value is -2.37. The summed E-state index contributed by atoms with van der Waals surface area (Å²) in [5.41, 5.74) is 1.03. The molecule has 0 fully saturated rings. The topological polar surface area (TPSA) is 66.2 Å². The van der Waals surface area contributed by atoms with Gasteiger partial charge in [0.1, 0.15) is 12.4 Å². The Morgan fingerprint density at radius 3 is 2.62 bits per heavy atom. The van der Waals surface area contributed by atoms with Gasteiger partial charge in [0.2, 0.25) is 0 Å². The normalized spacial score (nSPS) is 10.7. The van der Waals surface area contributed by atoms with Gasteiger partial charge in [-0.15, -0.1) is 5.10 Å². The van der Waals surface area contributed by atoms with Gasteiger partial charge >= 0.3 is 5.97 Å². The Morgan fingerprint density at radius 2 is 2.00 bits per heavy atom. The minimum atomic E-state index is -0.464. The molecule has 1 aromatic carbocycles. The average Bonchev–Trinajstić information content (AvgIpc) is 2.91. The van der Waals surface area contributed by atoms with Crippen molar-refractivity contribution >= 4 is 5.97 Å². The molecule has 0 bridgehead atoms. The smallest absolute Gasteiger partial charge is 0.360 e. The number of rotatable bonds is 6. The van der Waals surface area contributed by atoms with Gasteiger partial charge in [-0.25, -0.2) is 9.48 Å². The Balaban J connectivity index is 2.06. The molecule has 112 valence electrons. The first kappa shape index (κ1) is 15.0. The lowest BCUT2D eigenvalue weighted by Crippen LogP contribution is -2.15. The largest absolute Gasteiger partial charge is 0.492 e. The number of methoxy groups -OCH3 is 1. The lowest BCUT2D eigenvalue weighted by Gasteiger charge is -2.11. The van der Waals surface area contributed by atoms with E-state index in [2.05, 4.69) is 10.3 Å². The third-order valence-corrected chi connectivity index (χ3v) is 3.01. The van der Waals surface area contributed by atoms with Gasteiger partial charge in [-0.1, -0.05) is 37.3 Å². The average molecular weight is 289 g/mol. The van der Waals surface area contributed by atoms with Crippen LogP contribution in [-0.2, 0) is 11.3 Å². The summed E-state index contributed by atoms with van der Waals surface area (Å²) in [4.78, 5) is 11.7. The Labute approximate surface area is 123 Å². The highest BCUT2D eigenvalue weighted by Crippen LogP contribution is 2.18. The van der Waals surface area contributed by atoms with E-state index in [1.807, 2.05) is 44.2 Å². The molecule has 0 radical (unpaired) electrons. The lowest BCUT2D eigenvalue weighted by atomic mass is 10.1. The number of hydrogen-bond donors (Lipinski definition) is 0. The summed E-state index contributed by atoms with van der Waals surface area (Å²) in [7, 11) is 1.34. The first-order chi connectivity index (χ1) is 10.1. The predicted molar refractivity (Wildman–Crippen MR) is 77.4 cm³/mol. The van der Waals surface area contributed by atoms with Crippen LogP contribution in [0.25, 0.3) is 0 Å². The molecule has 6 heteroatoms. The third-order valence-electron chi connectivity index (χ3n) is 3.01. The molecular formula is C15H19N3O3. The van der Waals surface area contributed by atoms with E-state index in [4.69, 9.17) is 9.47 Å². The van der Waals surface area contributed by atoms with Crippen LogP contribution >= 0.6 is 0 Å². The maximum Gasteiger partial charge on any atom is 0.360 e. The number of ether oxygens (including phenoxy) is 2. The maximum absolute atomic E-state index is 11.7. The molecule has 2 rings (SSSR count). The van der Waals surface area contributed by atoms with Crippen LogP contribution in [0.3, 0.4) is 0 Å². The summed E-state index contributed by atoms with van der Waals surface area (Å²) < 4.78 is 12.1. The summed E-state index contributed by atoms with van der Waals surface area (Å²) in [6.07, 6.45) is 0. The molecule has 1 aromatic heterocycles. The van der Waals surface area contributed by atoms with E-state index in [1.54, 1.807) is 4.68 Å². The van der Waals surface area contributed by atoms with Gasteiger partial charge in [-0.05, 0) is 18.1 Å². The molecule has 0 spiro atoms. The zero-order valence-corrected chi connectivity index (χ0v) is 12.4. The zero-order valence-electron chi connectivity index (χ0n) is 12.4. The maximum atomic E-state index is 11.7. The molecule has 2 aromatic rings. The van der Waals surface area contributed by atoms with Crippen molar-refractivity contribution in [2.24, 2.45) is 0 Å². The second kappa shape index (κ2) is 6.88. The van der Waals surface area contributed by atoms with Crippen LogP contribution in [0.4, 0.5) is 0 Å². The summed E-state index contributed by atoms with van der Waals surface area (Å²) >= 11 is 0. The molecule has 0 aliphatic carbocycles. The van der Waals surface area contributed by atoms with Crippen molar-refractivity contribution in [2.75, 3.05) is 13.7 Å². The fourth-order valence-electron chi connectivity index (χ4n) is 2.07. The number of hydrogen-bond acceptors (Lipinski definition) is 5. The Bertz CT molecular complexity index is 593. The first-order valence-electron chi connectivity index (χ1n) is 6.83. The van der Waals surface area contributed by atoms with Crippen molar-refractivity contribution in [1.29, 1.82) is 0 Å². The summed E-state index contributed by atoms with van der Waals surface area (Å²) in [5.74, 6) is 0.455. The van der Waals surface area contributed by atoms with Crippen LogP contribution in [0, 0.1) is 0 Å². The molecule has 0 aliphatic heterocycles. The summed E-state index contributed by atoms with van der Waals surface area (Å²) in [6, 6.07) is 9.55. The van der Waals surface area contributed by atoms with Crippen LogP contribution in [0.2, 0.25) is 0 Å². The van der Waals surface area contributed by atoms with E-state index in [9.17, 15) is 4.79 Å². The monoisotopic (exact) mass is 289 g/mol. The predicted octanol–water partition coefficient (Wildman–Crippen LogP) is 2.27. The first-order valence-corrected chi connectivity index (χ1v) is 6.83. The Morgan fingerprint density at radius 1 is 1.29 bits per heavy atom. The highest BCUT2D eigenvalue weighted by atomic mass is 16.5. The van der Waals surface area contributed by atoms with Crippen LogP contribution < -0.4 is 4.74 Å². The molecular weight excluding hydrogens is 270 g/mol. The summed E-state index contributed by atoms with van der Waals surface area (Å²) in [6.45, 7) is 4.94. The summed E-state index contributed by atoms with van der Waals surface area (Å²) in [5, 5.41) is 7.94. The molecule has 1 heterocycles. The van der Waals surface area contributed by atoms with E-state index < -0.39 is 5.97 Å². The third kappa shape index (κ3) is 3.59. The number of carbonyl (C=O) groups excluding carboxylic acids is 1. The molecule has 0 amide bonds. The molecule has 0 saturated heterocycles. The van der Waals surface area contributed by atoms with Crippen molar-refractivity contribution in [3.63, 3.8) is 0 Å². The van der Waals surface area contributed by atoms with Gasteiger partial charge in [0, 0.05) is 0 Å². The number of para-hydroxylation sites is 1. The number of nitrogens with zero attached hydrogens (tertiary/aromatic N) is 3. The van der Waals surface area contributed by atoms with E-state index in [1.165, 1.54) is 7.11 Å². The van der Waals surface area contributed by atoms with Crippen molar-refractivity contribution in [3.8, 4) is 5.75 Å². The molecule has 6 nitrogen and oxygen atoms in total. The van der Waals surface area contributed by atoms with Crippen LogP contribution in [-0.4, -0.2) is 34.7 Å². The van der Waals surface area contributed by atoms with Crippen molar-refractivity contribution in [1.82, 2.24) is 15.0 Å². The molecule has 0 aliphatic rings. The fourth-order valence-corrected chi connectivity index (χ4v) is 2.07. The highest BCUT2D eigenvalue weighted by molar-refractivity contribution is 5.88. The number of esters is 1. The van der Waals surface area contributed by atoms with Gasteiger partial charge in [0.15, 0.2) is 5.69 Å². The standard InChI is InChI=1S/C15H19N3O3/c1-11(2)14-13(15(19)20-3)16-17-18(14)9-10-21-12-7-5-4-6-8-12/h4-8,11H,9-10H2,1-3H3. The van der Waals surface area contributed by atoms with Gasteiger partial charge < -0.3 is 9.47 Å². The van der Waals surface area contributed by atoms with Crippen molar-refractivity contribution in [2.45, 2.75) is 26.3 Å². The molecule has 0 N–H and O–H groups in total. The highest BCUT2D eigenvalue weighted by Gasteiger charge is 2.22. The van der Waals surface area contributed by atoms with Crippen LogP contribution in [0.15, 0.2) is 30.3 Å². The second-order valence-electron chi connectivity index (χ2n) is 4.85.